The van der Waals surface area contributed by atoms with E-state index in [0.717, 1.165) is 264 Å². The van der Waals surface area contributed by atoms with Crippen molar-refractivity contribution in [3.63, 3.8) is 0 Å². The lowest BCUT2D eigenvalue weighted by Gasteiger charge is -2.39. The van der Waals surface area contributed by atoms with Crippen LogP contribution in [-0.4, -0.2) is 208 Å². The number of hydrogen-bond donors (Lipinski definition) is 1. The molecule has 1 N–H and O–H groups in total. The van der Waals surface area contributed by atoms with Gasteiger partial charge >= 0.3 is 0 Å². The molecule has 1 aliphatic heterocycles. The van der Waals surface area contributed by atoms with E-state index >= 15 is 0 Å². The predicted octanol–water partition coefficient (Wildman–Crippen LogP) is 20.1. The Labute approximate surface area is 811 Å². The fourth-order valence-electron chi connectivity index (χ4n) is 17.2. The first-order valence-corrected chi connectivity index (χ1v) is 47.2. The van der Waals surface area contributed by atoms with Crippen molar-refractivity contribution in [2.24, 2.45) is 27.1 Å². The monoisotopic (exact) mass is 1870 g/mol. The van der Waals surface area contributed by atoms with Crippen LogP contribution in [0.4, 0.5) is 45.5 Å². The van der Waals surface area contributed by atoms with Gasteiger partial charge in [0.15, 0.2) is 0 Å². The van der Waals surface area contributed by atoms with Gasteiger partial charge in [0, 0.05) is 256 Å². The summed E-state index contributed by atoms with van der Waals surface area (Å²) >= 11 is 0. The highest BCUT2D eigenvalue weighted by molar-refractivity contribution is 5.87. The number of hydrogen-bond acceptors (Lipinski definition) is 27. The lowest BCUT2D eigenvalue weighted by atomic mass is 9.90. The molecule has 139 heavy (non-hydrogen) atoms. The number of fused-ring (bicyclic) bond motifs is 4. The van der Waals surface area contributed by atoms with Crippen LogP contribution in [0.1, 0.15) is 91.4 Å². The molecule has 720 valence electrons. The second kappa shape index (κ2) is 45.1. The lowest BCUT2D eigenvalue weighted by Crippen LogP contribution is -2.38. The molecule has 1 saturated carbocycles. The number of aryl methyl sites for hydroxylation is 5. The third kappa shape index (κ3) is 23.9. The molecule has 0 unspecified atom stereocenters. The number of benzene rings is 8. The molecule has 10 heterocycles. The molecular formula is C107H124N24O8. The lowest BCUT2D eigenvalue weighted by molar-refractivity contribution is 0.186. The van der Waals surface area contributed by atoms with Crippen molar-refractivity contribution >= 4 is 89.6 Å². The Kier molecular flexibility index (Phi) is 31.4. The van der Waals surface area contributed by atoms with Crippen LogP contribution in [0.5, 0.6) is 46.0 Å². The summed E-state index contributed by atoms with van der Waals surface area (Å²) in [5, 5.41) is 20.8. The summed E-state index contributed by atoms with van der Waals surface area (Å²) in [5.74, 6) is 7.91. The minimum absolute atomic E-state index is 0.289. The van der Waals surface area contributed by atoms with E-state index in [0.29, 0.717) is 12.1 Å². The zero-order chi connectivity index (χ0) is 97.2. The predicted molar refractivity (Wildman–Crippen MR) is 550 cm³/mol. The van der Waals surface area contributed by atoms with Gasteiger partial charge in [-0.3, -0.25) is 38.7 Å². The number of nitrogens with one attached hydrogen (secondary N) is 1. The zero-order valence-corrected chi connectivity index (χ0v) is 82.4. The molecule has 1 aliphatic carbocycles. The van der Waals surface area contributed by atoms with Gasteiger partial charge in [-0.05, 0) is 151 Å². The van der Waals surface area contributed by atoms with Crippen molar-refractivity contribution < 1.29 is 37.9 Å². The SMILES string of the molecule is CCC1CCN(CCN(c2cc(OC)cc(OC)c2)c2ccc3ncc(-c4cnn(C)c4)nc3c2)CC1.COc1cc(OC)cc(N(CCCn2ccnc2C)c2ccc3ncc(-c4cnn(C)c4)nc3c2)c1.COc1cc(OC)cc(N(CCNC(C)C)c2ccc3ncc(-c4cnn(C(C)C)c4)nc3c2)c1.COc1cc(OC)cc(N(c2ccc3ncc(-c4cnn(C)c4)nc3c2)C2CCC2)c1. The quantitative estimate of drug-likeness (QED) is 0.0392. The van der Waals surface area contributed by atoms with Gasteiger partial charge in [-0.2, -0.15) is 20.4 Å². The molecule has 32 heteroatoms. The largest absolute Gasteiger partial charge is 0.497 e. The van der Waals surface area contributed by atoms with Gasteiger partial charge in [0.25, 0.3) is 0 Å². The average Bonchev–Trinajstić information content (AvgIpc) is 1.53. The minimum atomic E-state index is 0.289. The van der Waals surface area contributed by atoms with E-state index in [1.54, 1.807) is 95.7 Å². The number of methoxy groups -OCH3 is 8. The Balaban J connectivity index is 0.000000134. The summed E-state index contributed by atoms with van der Waals surface area (Å²) < 4.78 is 53.8. The second-order valence-corrected chi connectivity index (χ2v) is 35.2. The Morgan fingerprint density at radius 2 is 0.734 bits per heavy atom. The number of nitrogens with zero attached hydrogens (tertiary/aromatic N) is 23. The van der Waals surface area contributed by atoms with Gasteiger partial charge in [-0.25, -0.2) is 24.9 Å². The van der Waals surface area contributed by atoms with Gasteiger partial charge < -0.3 is 72.3 Å². The van der Waals surface area contributed by atoms with Crippen molar-refractivity contribution in [2.45, 2.75) is 111 Å². The maximum Gasteiger partial charge on any atom is 0.124 e. The van der Waals surface area contributed by atoms with Crippen molar-refractivity contribution in [2.75, 3.05) is 122 Å². The maximum atomic E-state index is 5.59. The molecule has 32 nitrogen and oxygen atoms in total. The summed E-state index contributed by atoms with van der Waals surface area (Å²) in [6, 6.07) is 49.9. The first-order chi connectivity index (χ1) is 67.6. The van der Waals surface area contributed by atoms with E-state index in [9.17, 15) is 0 Å². The number of rotatable bonds is 34. The summed E-state index contributed by atoms with van der Waals surface area (Å²) in [6.45, 7) is 20.2. The zero-order valence-electron chi connectivity index (χ0n) is 82.4. The highest BCUT2D eigenvalue weighted by Crippen LogP contribution is 2.43. The molecule has 0 bridgehead atoms. The van der Waals surface area contributed by atoms with Crippen LogP contribution < -0.4 is 62.8 Å². The van der Waals surface area contributed by atoms with Crippen molar-refractivity contribution in [1.29, 1.82) is 0 Å². The number of imidazole rings is 1. The standard InChI is InChI=1S/C29H36N6O2.C27H29N7O2.C27H34N6O2.C24H25N5O2/c1-5-21-8-10-34(11-9-21)12-13-35(24-14-25(36-3)17-26(15-24)37-4)23-6-7-27-28(16-23)32-29(19-30-27)22-18-31-33(2)20-22;1-19-28-8-11-33(19)9-5-10-34(22-12-23(35-3)15-24(13-22)36-4)21-6-7-25-26(14-21)31-27(17-29-25)20-16-30-32(2)18-20;1-18(2)28-9-10-32(22-11-23(34-5)14-24(12-22)35-6)21-7-8-25-26(13-21)31-27(16-29-25)20-15-30-33(17-20)19(3)4;1-28-15-16(13-26-28)24-14-25-22-8-7-18(11-23(22)27-24)29(17-5-4-6-17)19-9-20(30-2)12-21(10-19)31-3/h6-7,14-21H,5,8-13H2,1-4H3;6-8,11-18H,5,9-10H2,1-4H3;7-8,11-19,28H,9-10H2,1-6H3;7-15,17H,4-6H2,1-3H3. The summed E-state index contributed by atoms with van der Waals surface area (Å²) in [7, 11) is 19.1. The molecule has 19 rings (SSSR count). The van der Waals surface area contributed by atoms with Crippen molar-refractivity contribution in [1.82, 2.24) is 98.8 Å². The van der Waals surface area contributed by atoms with Gasteiger partial charge in [0.05, 0.1) is 173 Å². The number of aromatic nitrogens is 18. The van der Waals surface area contributed by atoms with Gasteiger partial charge in [-0.1, -0.05) is 27.2 Å². The number of piperidine rings is 1. The summed E-state index contributed by atoms with van der Waals surface area (Å²) in [4.78, 5) is 54.3. The van der Waals surface area contributed by atoms with Crippen LogP contribution in [0, 0.1) is 12.8 Å². The third-order valence-corrected chi connectivity index (χ3v) is 25.3. The topological polar surface area (TPSA) is 294 Å². The Morgan fingerprint density at radius 1 is 0.374 bits per heavy atom. The minimum Gasteiger partial charge on any atom is -0.497 e. The van der Waals surface area contributed by atoms with E-state index < -0.39 is 0 Å². The summed E-state index contributed by atoms with van der Waals surface area (Å²) in [5.41, 5.74) is 22.0. The normalized spacial score (nSPS) is 12.7. The molecule has 17 aromatic rings. The van der Waals surface area contributed by atoms with Crippen LogP contribution >= 0.6 is 0 Å². The molecule has 2 fully saturated rings. The van der Waals surface area contributed by atoms with Crippen molar-refractivity contribution in [3.8, 4) is 91.0 Å². The second-order valence-electron chi connectivity index (χ2n) is 35.2. The molecule has 0 radical (unpaired) electrons. The molecule has 8 aromatic carbocycles. The van der Waals surface area contributed by atoms with Gasteiger partial charge in [0.1, 0.15) is 51.8 Å². The van der Waals surface area contributed by atoms with E-state index in [4.69, 9.17) is 57.8 Å². The Hall–Kier alpha value is -15.3. The van der Waals surface area contributed by atoms with E-state index in [1.807, 2.05) is 168 Å². The summed E-state index contributed by atoms with van der Waals surface area (Å²) in [6.07, 6.45) is 34.5. The Bertz CT molecular complexity index is 6910. The van der Waals surface area contributed by atoms with E-state index in [2.05, 4.69) is 187 Å². The van der Waals surface area contributed by atoms with Gasteiger partial charge in [0.2, 0.25) is 0 Å². The highest BCUT2D eigenvalue weighted by Gasteiger charge is 2.29. The molecule has 0 spiro atoms. The smallest absolute Gasteiger partial charge is 0.124 e. The first-order valence-electron chi connectivity index (χ1n) is 47.2. The number of likely N-dealkylation sites (tertiary alicyclic amines) is 1. The fourth-order valence-corrected chi connectivity index (χ4v) is 17.2. The molecule has 0 amide bonds. The highest BCUT2D eigenvalue weighted by atomic mass is 16.5. The third-order valence-electron chi connectivity index (χ3n) is 25.3. The Morgan fingerprint density at radius 3 is 1.06 bits per heavy atom. The van der Waals surface area contributed by atoms with E-state index in [1.165, 1.54) is 25.7 Å². The van der Waals surface area contributed by atoms with Crippen LogP contribution in [0.3, 0.4) is 0 Å². The van der Waals surface area contributed by atoms with Crippen LogP contribution in [0.2, 0.25) is 0 Å². The number of anilines is 8. The molecule has 9 aromatic heterocycles. The maximum absolute atomic E-state index is 5.59. The molecule has 2 aliphatic rings. The van der Waals surface area contributed by atoms with Crippen LogP contribution in [0.15, 0.2) is 232 Å². The average molecular weight is 1870 g/mol. The molecular weight excluding hydrogens is 1750 g/mol. The van der Waals surface area contributed by atoms with Crippen LogP contribution in [-0.2, 0) is 27.7 Å². The first kappa shape index (κ1) is 96.8. The number of ether oxygens (including phenoxy) is 8. The van der Waals surface area contributed by atoms with Crippen LogP contribution in [0.25, 0.3) is 89.2 Å². The van der Waals surface area contributed by atoms with Crippen molar-refractivity contribution in [3.05, 3.63) is 238 Å². The van der Waals surface area contributed by atoms with E-state index in [-0.39, 0.29) is 6.04 Å². The fraction of sp³-hybridized carbons (Fsp3) is 0.336. The van der Waals surface area contributed by atoms with Gasteiger partial charge in [-0.15, -0.1) is 0 Å². The molecule has 1 saturated heterocycles. The molecule has 0 atom stereocenters.